The van der Waals surface area contributed by atoms with Gasteiger partial charge in [0.1, 0.15) is 0 Å². The van der Waals surface area contributed by atoms with Gasteiger partial charge in [0.2, 0.25) is 5.78 Å². The average molecular weight is 183 g/mol. The molecule has 0 spiro atoms. The van der Waals surface area contributed by atoms with E-state index in [0.29, 0.717) is 6.04 Å². The maximum atomic E-state index is 11.4. The summed E-state index contributed by atoms with van der Waals surface area (Å²) in [5.41, 5.74) is 0. The minimum Gasteiger partial charge on any atom is -0.333 e. The number of hydrogen-bond acceptors (Lipinski definition) is 2. The Morgan fingerprint density at radius 3 is 2.62 bits per heavy atom. The van der Waals surface area contributed by atoms with E-state index in [0.717, 1.165) is 25.8 Å². The van der Waals surface area contributed by atoms with Gasteiger partial charge in [0.15, 0.2) is 0 Å². The summed E-state index contributed by atoms with van der Waals surface area (Å²) < 4.78 is 0. The molecule has 0 bridgehead atoms. The normalized spacial score (nSPS) is 22.9. The number of nitrogens with zero attached hydrogens (tertiary/aromatic N) is 1. The Morgan fingerprint density at radius 2 is 2.08 bits per heavy atom. The zero-order chi connectivity index (χ0) is 9.84. The van der Waals surface area contributed by atoms with Crippen LogP contribution in [0, 0.1) is 0 Å². The molecular weight excluding hydrogens is 166 g/mol. The van der Waals surface area contributed by atoms with Crippen LogP contribution in [-0.2, 0) is 9.59 Å². The molecule has 3 nitrogen and oxygen atoms in total. The first kappa shape index (κ1) is 10.2. The zero-order valence-electron chi connectivity index (χ0n) is 8.38. The number of carbonyl (C=O) groups is 2. The third kappa shape index (κ3) is 2.29. The smallest absolute Gasteiger partial charge is 0.289 e. The van der Waals surface area contributed by atoms with Crippen molar-refractivity contribution in [2.24, 2.45) is 0 Å². The van der Waals surface area contributed by atoms with E-state index in [-0.39, 0.29) is 11.7 Å². The van der Waals surface area contributed by atoms with E-state index < -0.39 is 0 Å². The molecule has 1 amide bonds. The van der Waals surface area contributed by atoms with Crippen molar-refractivity contribution in [3.63, 3.8) is 0 Å². The number of rotatable bonds is 2. The number of hydrogen-bond donors (Lipinski definition) is 0. The average Bonchev–Trinajstić information content (AvgIpc) is 2.16. The molecule has 1 heterocycles. The van der Waals surface area contributed by atoms with Gasteiger partial charge < -0.3 is 4.90 Å². The van der Waals surface area contributed by atoms with Crippen molar-refractivity contribution in [2.75, 3.05) is 6.54 Å². The number of ketones is 1. The predicted octanol–water partition coefficient (Wildman–Crippen LogP) is 1.37. The van der Waals surface area contributed by atoms with E-state index in [1.807, 2.05) is 0 Å². The standard InChI is InChI=1S/C10H17NO2/c1-3-9-6-4-5-7-11(9)10(13)8(2)12/h9H,3-7H2,1-2H3. The molecule has 1 atom stereocenters. The Morgan fingerprint density at radius 1 is 1.38 bits per heavy atom. The fraction of sp³-hybridized carbons (Fsp3) is 0.800. The zero-order valence-corrected chi connectivity index (χ0v) is 8.38. The van der Waals surface area contributed by atoms with Crippen LogP contribution < -0.4 is 0 Å². The van der Waals surface area contributed by atoms with Crippen LogP contribution in [0.25, 0.3) is 0 Å². The van der Waals surface area contributed by atoms with Crippen LogP contribution in [0.5, 0.6) is 0 Å². The van der Waals surface area contributed by atoms with Crippen molar-refractivity contribution in [1.29, 1.82) is 0 Å². The van der Waals surface area contributed by atoms with Gasteiger partial charge in [0.25, 0.3) is 5.91 Å². The van der Waals surface area contributed by atoms with Crippen LogP contribution in [0.2, 0.25) is 0 Å². The molecule has 1 saturated heterocycles. The van der Waals surface area contributed by atoms with E-state index in [2.05, 4.69) is 6.92 Å². The van der Waals surface area contributed by atoms with E-state index in [1.54, 1.807) is 4.90 Å². The van der Waals surface area contributed by atoms with Crippen LogP contribution in [0.15, 0.2) is 0 Å². The summed E-state index contributed by atoms with van der Waals surface area (Å²) >= 11 is 0. The largest absolute Gasteiger partial charge is 0.333 e. The fourth-order valence-electron chi connectivity index (χ4n) is 1.89. The van der Waals surface area contributed by atoms with Gasteiger partial charge in [0.05, 0.1) is 0 Å². The van der Waals surface area contributed by atoms with Gasteiger partial charge in [-0.05, 0) is 25.7 Å². The Hall–Kier alpha value is -0.860. The molecule has 0 radical (unpaired) electrons. The fourth-order valence-corrected chi connectivity index (χ4v) is 1.89. The summed E-state index contributed by atoms with van der Waals surface area (Å²) in [5, 5.41) is 0. The highest BCUT2D eigenvalue weighted by Gasteiger charge is 2.27. The van der Waals surface area contributed by atoms with E-state index in [1.165, 1.54) is 13.3 Å². The van der Waals surface area contributed by atoms with Crippen LogP contribution in [0.3, 0.4) is 0 Å². The third-order valence-electron chi connectivity index (χ3n) is 2.66. The highest BCUT2D eigenvalue weighted by atomic mass is 16.2. The van der Waals surface area contributed by atoms with Crippen LogP contribution >= 0.6 is 0 Å². The van der Waals surface area contributed by atoms with Crippen molar-refractivity contribution < 1.29 is 9.59 Å². The van der Waals surface area contributed by atoms with Gasteiger partial charge in [-0.25, -0.2) is 0 Å². The SMILES string of the molecule is CCC1CCCCN1C(=O)C(C)=O. The second-order valence-corrected chi connectivity index (χ2v) is 3.61. The van der Waals surface area contributed by atoms with E-state index in [9.17, 15) is 9.59 Å². The highest BCUT2D eigenvalue weighted by molar-refractivity contribution is 6.35. The van der Waals surface area contributed by atoms with Gasteiger partial charge in [-0.1, -0.05) is 6.92 Å². The molecular formula is C10H17NO2. The van der Waals surface area contributed by atoms with Crippen molar-refractivity contribution in [3.8, 4) is 0 Å². The molecule has 1 rings (SSSR count). The van der Waals surface area contributed by atoms with Gasteiger partial charge in [-0.2, -0.15) is 0 Å². The molecule has 13 heavy (non-hydrogen) atoms. The number of likely N-dealkylation sites (tertiary alicyclic amines) is 1. The lowest BCUT2D eigenvalue weighted by molar-refractivity contribution is -0.146. The van der Waals surface area contributed by atoms with Gasteiger partial charge in [0, 0.05) is 19.5 Å². The first-order valence-corrected chi connectivity index (χ1v) is 4.98. The second kappa shape index (κ2) is 4.40. The lowest BCUT2D eigenvalue weighted by atomic mass is 9.99. The Balaban J connectivity index is 2.64. The summed E-state index contributed by atoms with van der Waals surface area (Å²) in [6, 6.07) is 0.296. The summed E-state index contributed by atoms with van der Waals surface area (Å²) in [6.45, 7) is 4.18. The minimum absolute atomic E-state index is 0.296. The van der Waals surface area contributed by atoms with Gasteiger partial charge >= 0.3 is 0 Å². The molecule has 0 saturated carbocycles. The number of Topliss-reactive ketones (excluding diaryl/α,β-unsaturated/α-hetero) is 1. The third-order valence-corrected chi connectivity index (χ3v) is 2.66. The van der Waals surface area contributed by atoms with Crippen LogP contribution in [0.4, 0.5) is 0 Å². The molecule has 0 N–H and O–H groups in total. The van der Waals surface area contributed by atoms with Crippen LogP contribution in [-0.4, -0.2) is 29.2 Å². The number of piperidine rings is 1. The molecule has 1 aliphatic heterocycles. The monoisotopic (exact) mass is 183 g/mol. The first-order valence-electron chi connectivity index (χ1n) is 4.98. The maximum Gasteiger partial charge on any atom is 0.289 e. The summed E-state index contributed by atoms with van der Waals surface area (Å²) in [7, 11) is 0. The molecule has 0 aromatic rings. The van der Waals surface area contributed by atoms with E-state index in [4.69, 9.17) is 0 Å². The lowest BCUT2D eigenvalue weighted by Crippen LogP contribution is -2.45. The van der Waals surface area contributed by atoms with Crippen molar-refractivity contribution in [2.45, 2.75) is 45.6 Å². The number of amides is 1. The topological polar surface area (TPSA) is 37.4 Å². The van der Waals surface area contributed by atoms with Gasteiger partial charge in [-0.15, -0.1) is 0 Å². The lowest BCUT2D eigenvalue weighted by Gasteiger charge is -2.34. The van der Waals surface area contributed by atoms with Crippen LogP contribution in [0.1, 0.15) is 39.5 Å². The van der Waals surface area contributed by atoms with Crippen molar-refractivity contribution >= 4 is 11.7 Å². The summed E-state index contributed by atoms with van der Waals surface area (Å²) in [5.74, 6) is -0.632. The highest BCUT2D eigenvalue weighted by Crippen LogP contribution is 2.19. The van der Waals surface area contributed by atoms with Gasteiger partial charge in [-0.3, -0.25) is 9.59 Å². The molecule has 1 unspecified atom stereocenters. The molecule has 1 aliphatic rings. The molecule has 74 valence electrons. The Kier molecular flexibility index (Phi) is 3.46. The molecule has 1 fully saturated rings. The first-order chi connectivity index (χ1) is 6.16. The quantitative estimate of drug-likeness (QED) is 0.606. The molecule has 0 aromatic carbocycles. The van der Waals surface area contributed by atoms with E-state index >= 15 is 0 Å². The minimum atomic E-state index is -0.333. The second-order valence-electron chi connectivity index (χ2n) is 3.61. The number of carbonyl (C=O) groups excluding carboxylic acids is 2. The molecule has 0 aromatic heterocycles. The Labute approximate surface area is 79.1 Å². The summed E-state index contributed by atoms with van der Waals surface area (Å²) in [6.07, 6.45) is 4.23. The van der Waals surface area contributed by atoms with Crippen molar-refractivity contribution in [1.82, 2.24) is 4.90 Å². The Bertz CT molecular complexity index is 213. The molecule has 0 aliphatic carbocycles. The predicted molar refractivity (Wildman–Crippen MR) is 50.3 cm³/mol. The van der Waals surface area contributed by atoms with Crippen molar-refractivity contribution in [3.05, 3.63) is 0 Å². The summed E-state index contributed by atoms with van der Waals surface area (Å²) in [4.78, 5) is 24.1. The molecule has 3 heteroatoms. The maximum absolute atomic E-state index is 11.4.